The first-order valence-electron chi connectivity index (χ1n) is 6.84. The first kappa shape index (κ1) is 13.4. The molecular weight excluding hydrogens is 276 g/mol. The van der Waals surface area contributed by atoms with Gasteiger partial charge in [-0.15, -0.1) is 0 Å². The number of carbonyl (C=O) groups is 2. The molecule has 1 aliphatic heterocycles. The van der Waals surface area contributed by atoms with E-state index in [9.17, 15) is 9.59 Å². The molecule has 0 spiro atoms. The van der Waals surface area contributed by atoms with Gasteiger partial charge in [0, 0.05) is 18.1 Å². The molecule has 0 bridgehead atoms. The summed E-state index contributed by atoms with van der Waals surface area (Å²) in [6.07, 6.45) is 1.69. The molecule has 0 radical (unpaired) electrons. The molecule has 0 unspecified atom stereocenters. The van der Waals surface area contributed by atoms with Crippen LogP contribution in [-0.4, -0.2) is 40.9 Å². The van der Waals surface area contributed by atoms with E-state index in [4.69, 9.17) is 11.6 Å². The zero-order valence-electron chi connectivity index (χ0n) is 11.5. The normalized spacial score (nSPS) is 29.9. The van der Waals surface area contributed by atoms with Crippen molar-refractivity contribution in [2.75, 3.05) is 7.05 Å². The van der Waals surface area contributed by atoms with Crippen molar-refractivity contribution in [2.45, 2.75) is 37.8 Å². The van der Waals surface area contributed by atoms with E-state index in [0.29, 0.717) is 5.92 Å². The van der Waals surface area contributed by atoms with Gasteiger partial charge in [0.15, 0.2) is 0 Å². The van der Waals surface area contributed by atoms with Crippen molar-refractivity contribution in [2.24, 2.45) is 0 Å². The Labute approximate surface area is 123 Å². The summed E-state index contributed by atoms with van der Waals surface area (Å²) < 4.78 is 0. The highest BCUT2D eigenvalue weighted by Crippen LogP contribution is 2.41. The Balaban J connectivity index is 1.67. The molecule has 1 heterocycles. The highest BCUT2D eigenvalue weighted by molar-refractivity contribution is 6.30. The van der Waals surface area contributed by atoms with Crippen molar-refractivity contribution in [3.8, 4) is 0 Å². The van der Waals surface area contributed by atoms with Crippen LogP contribution in [0.5, 0.6) is 0 Å². The number of urea groups is 1. The van der Waals surface area contributed by atoms with E-state index in [1.807, 2.05) is 24.3 Å². The minimum Gasteiger partial charge on any atom is -0.316 e. The van der Waals surface area contributed by atoms with E-state index < -0.39 is 0 Å². The molecule has 3 amide bonds. The third-order valence-corrected chi connectivity index (χ3v) is 4.76. The number of nitrogens with zero attached hydrogens (tertiary/aromatic N) is 2. The third kappa shape index (κ3) is 1.99. The number of carbonyl (C=O) groups excluding carboxylic acids is 2. The highest BCUT2D eigenvalue weighted by Gasteiger charge is 2.48. The molecule has 4 nitrogen and oxygen atoms in total. The van der Waals surface area contributed by atoms with Crippen LogP contribution in [0.4, 0.5) is 4.79 Å². The SMILES string of the molecule is C[C@H]1C(=O)N(C2CC(c3ccc(Cl)cc3)C2)C(=O)N1C. The summed E-state index contributed by atoms with van der Waals surface area (Å²) in [5.41, 5.74) is 1.23. The molecule has 1 aromatic rings. The topological polar surface area (TPSA) is 40.6 Å². The Bertz CT molecular complexity index is 531. The number of hydrogen-bond acceptors (Lipinski definition) is 2. The van der Waals surface area contributed by atoms with Crippen LogP contribution in [0.2, 0.25) is 5.02 Å². The number of benzene rings is 1. The second-order valence-electron chi connectivity index (χ2n) is 5.65. The van der Waals surface area contributed by atoms with Crippen LogP contribution < -0.4 is 0 Å². The second-order valence-corrected chi connectivity index (χ2v) is 6.09. The maximum absolute atomic E-state index is 12.1. The number of amides is 3. The van der Waals surface area contributed by atoms with Gasteiger partial charge in [-0.05, 0) is 43.4 Å². The average molecular weight is 293 g/mol. The maximum atomic E-state index is 12.1. The standard InChI is InChI=1S/C15H17ClN2O2/c1-9-14(19)18(15(20)17(9)2)13-7-11(8-13)10-3-5-12(16)6-4-10/h3-6,9,11,13H,7-8H2,1-2H3/t9-,11?,13?/m0/s1. The van der Waals surface area contributed by atoms with E-state index in [2.05, 4.69) is 0 Å². The molecule has 1 aliphatic carbocycles. The van der Waals surface area contributed by atoms with Gasteiger partial charge in [0.25, 0.3) is 5.91 Å². The summed E-state index contributed by atoms with van der Waals surface area (Å²) in [5, 5.41) is 0.727. The van der Waals surface area contributed by atoms with Crippen molar-refractivity contribution in [3.63, 3.8) is 0 Å². The maximum Gasteiger partial charge on any atom is 0.327 e. The van der Waals surface area contributed by atoms with Crippen molar-refractivity contribution in [1.82, 2.24) is 9.80 Å². The van der Waals surface area contributed by atoms with Gasteiger partial charge in [0.2, 0.25) is 0 Å². The van der Waals surface area contributed by atoms with Crippen molar-refractivity contribution in [3.05, 3.63) is 34.9 Å². The van der Waals surface area contributed by atoms with Gasteiger partial charge in [-0.25, -0.2) is 4.79 Å². The molecule has 0 N–H and O–H groups in total. The summed E-state index contributed by atoms with van der Waals surface area (Å²) in [5.74, 6) is 0.344. The lowest BCUT2D eigenvalue weighted by Gasteiger charge is -2.40. The molecular formula is C15H17ClN2O2. The molecule has 0 aromatic heterocycles. The minimum atomic E-state index is -0.336. The molecule has 1 atom stereocenters. The smallest absolute Gasteiger partial charge is 0.316 e. The van der Waals surface area contributed by atoms with E-state index in [1.54, 1.807) is 14.0 Å². The minimum absolute atomic E-state index is 0.0445. The Hall–Kier alpha value is -1.55. The van der Waals surface area contributed by atoms with Crippen LogP contribution >= 0.6 is 11.6 Å². The first-order chi connectivity index (χ1) is 9.49. The Morgan fingerprint density at radius 2 is 1.75 bits per heavy atom. The van der Waals surface area contributed by atoms with E-state index >= 15 is 0 Å². The Morgan fingerprint density at radius 1 is 1.15 bits per heavy atom. The van der Waals surface area contributed by atoms with Crippen molar-refractivity contribution in [1.29, 1.82) is 0 Å². The zero-order chi connectivity index (χ0) is 14.4. The van der Waals surface area contributed by atoms with Gasteiger partial charge in [0.1, 0.15) is 6.04 Å². The summed E-state index contributed by atoms with van der Waals surface area (Å²) in [6.45, 7) is 1.77. The molecule has 2 aliphatic rings. The number of hydrogen-bond donors (Lipinski definition) is 0. The van der Waals surface area contributed by atoms with Crippen LogP contribution in [0, 0.1) is 0 Å². The quantitative estimate of drug-likeness (QED) is 0.787. The number of imide groups is 1. The lowest BCUT2D eigenvalue weighted by atomic mass is 9.75. The number of halogens is 1. The molecule has 20 heavy (non-hydrogen) atoms. The molecule has 2 fully saturated rings. The van der Waals surface area contributed by atoms with Gasteiger partial charge < -0.3 is 4.90 Å². The molecule has 3 rings (SSSR count). The van der Waals surface area contributed by atoms with Gasteiger partial charge >= 0.3 is 6.03 Å². The predicted molar refractivity (Wildman–Crippen MR) is 76.7 cm³/mol. The van der Waals surface area contributed by atoms with Crippen LogP contribution in [0.15, 0.2) is 24.3 Å². The van der Waals surface area contributed by atoms with Crippen LogP contribution in [0.25, 0.3) is 0 Å². The number of likely N-dealkylation sites (N-methyl/N-ethyl adjacent to an activating group) is 1. The second kappa shape index (κ2) is 4.77. The summed E-state index contributed by atoms with van der Waals surface area (Å²) >= 11 is 5.88. The largest absolute Gasteiger partial charge is 0.327 e. The van der Waals surface area contributed by atoms with Crippen molar-refractivity contribution < 1.29 is 9.59 Å². The van der Waals surface area contributed by atoms with Gasteiger partial charge in [-0.3, -0.25) is 9.69 Å². The molecule has 106 valence electrons. The molecule has 1 aromatic carbocycles. The molecule has 5 heteroatoms. The van der Waals surface area contributed by atoms with E-state index in [0.717, 1.165) is 17.9 Å². The number of rotatable bonds is 2. The zero-order valence-corrected chi connectivity index (χ0v) is 12.3. The van der Waals surface area contributed by atoms with Gasteiger partial charge in [0.05, 0.1) is 0 Å². The Morgan fingerprint density at radius 3 is 2.25 bits per heavy atom. The average Bonchev–Trinajstić information content (AvgIpc) is 2.57. The Kier molecular flexibility index (Phi) is 3.21. The summed E-state index contributed by atoms with van der Waals surface area (Å²) in [4.78, 5) is 27.1. The third-order valence-electron chi connectivity index (χ3n) is 4.50. The van der Waals surface area contributed by atoms with E-state index in [-0.39, 0.29) is 24.0 Å². The fourth-order valence-electron chi connectivity index (χ4n) is 2.94. The van der Waals surface area contributed by atoms with Gasteiger partial charge in [-0.2, -0.15) is 0 Å². The monoisotopic (exact) mass is 292 g/mol. The lowest BCUT2D eigenvalue weighted by Crippen LogP contribution is -2.47. The lowest BCUT2D eigenvalue weighted by molar-refractivity contribution is -0.130. The predicted octanol–water partition coefficient (Wildman–Crippen LogP) is 2.87. The van der Waals surface area contributed by atoms with Gasteiger partial charge in [-0.1, -0.05) is 23.7 Å². The highest BCUT2D eigenvalue weighted by atomic mass is 35.5. The fourth-order valence-corrected chi connectivity index (χ4v) is 3.06. The van der Waals surface area contributed by atoms with Crippen LogP contribution in [0.1, 0.15) is 31.2 Å². The van der Waals surface area contributed by atoms with Crippen LogP contribution in [-0.2, 0) is 4.79 Å². The molecule has 1 saturated carbocycles. The first-order valence-corrected chi connectivity index (χ1v) is 7.22. The summed E-state index contributed by atoms with van der Waals surface area (Å²) in [6, 6.07) is 7.34. The molecule has 1 saturated heterocycles. The summed E-state index contributed by atoms with van der Waals surface area (Å²) in [7, 11) is 1.68. The van der Waals surface area contributed by atoms with Crippen LogP contribution in [0.3, 0.4) is 0 Å². The van der Waals surface area contributed by atoms with E-state index in [1.165, 1.54) is 15.4 Å². The fraction of sp³-hybridized carbons (Fsp3) is 0.467. The van der Waals surface area contributed by atoms with Crippen molar-refractivity contribution >= 4 is 23.5 Å².